The molecule has 2 aromatic carbocycles. The third kappa shape index (κ3) is 2.86. The van der Waals surface area contributed by atoms with E-state index in [1.165, 1.54) is 18.2 Å². The number of hydrogen-bond donors (Lipinski definition) is 1. The molecule has 0 aromatic heterocycles. The first-order valence-electron chi connectivity index (χ1n) is 5.64. The van der Waals surface area contributed by atoms with Gasteiger partial charge in [0.15, 0.2) is 11.6 Å². The van der Waals surface area contributed by atoms with E-state index in [4.69, 9.17) is 0 Å². The standard InChI is InChI=1S/C14H11F4N/c1-8(10-4-2-3-5-11(10)16)19-14-12(17)6-9(15)7-13(14)18/h2-8,19H,1H3. The van der Waals surface area contributed by atoms with Gasteiger partial charge in [0.05, 0.1) is 6.04 Å². The normalized spacial score (nSPS) is 12.3. The monoisotopic (exact) mass is 269 g/mol. The Balaban J connectivity index is 2.29. The predicted molar refractivity (Wildman–Crippen MR) is 64.8 cm³/mol. The number of anilines is 1. The fourth-order valence-electron chi connectivity index (χ4n) is 1.80. The van der Waals surface area contributed by atoms with Crippen molar-refractivity contribution in [3.63, 3.8) is 0 Å². The summed E-state index contributed by atoms with van der Waals surface area (Å²) in [4.78, 5) is 0. The van der Waals surface area contributed by atoms with Crippen molar-refractivity contribution in [2.24, 2.45) is 0 Å². The maximum atomic E-state index is 13.5. The summed E-state index contributed by atoms with van der Waals surface area (Å²) >= 11 is 0. The summed E-state index contributed by atoms with van der Waals surface area (Å²) in [6.07, 6.45) is 0. The van der Waals surface area contributed by atoms with Crippen LogP contribution in [0, 0.1) is 23.3 Å². The number of hydrogen-bond acceptors (Lipinski definition) is 1. The Kier molecular flexibility index (Phi) is 3.74. The van der Waals surface area contributed by atoms with Crippen LogP contribution in [0.3, 0.4) is 0 Å². The van der Waals surface area contributed by atoms with Crippen molar-refractivity contribution in [2.45, 2.75) is 13.0 Å². The van der Waals surface area contributed by atoms with Crippen LogP contribution in [-0.4, -0.2) is 0 Å². The van der Waals surface area contributed by atoms with Gasteiger partial charge in [-0.1, -0.05) is 18.2 Å². The van der Waals surface area contributed by atoms with E-state index in [2.05, 4.69) is 5.32 Å². The van der Waals surface area contributed by atoms with Crippen molar-refractivity contribution >= 4 is 5.69 Å². The van der Waals surface area contributed by atoms with Gasteiger partial charge in [-0.05, 0) is 13.0 Å². The smallest absolute Gasteiger partial charge is 0.152 e. The molecule has 1 atom stereocenters. The van der Waals surface area contributed by atoms with Crippen LogP contribution in [0.15, 0.2) is 36.4 Å². The van der Waals surface area contributed by atoms with Crippen LogP contribution in [0.5, 0.6) is 0 Å². The number of rotatable bonds is 3. The molecular weight excluding hydrogens is 258 g/mol. The van der Waals surface area contributed by atoms with E-state index in [1.807, 2.05) is 0 Å². The number of benzene rings is 2. The van der Waals surface area contributed by atoms with Gasteiger partial charge in [0.25, 0.3) is 0 Å². The van der Waals surface area contributed by atoms with Crippen LogP contribution in [0.4, 0.5) is 23.2 Å². The summed E-state index contributed by atoms with van der Waals surface area (Å²) in [5.74, 6) is -3.59. The van der Waals surface area contributed by atoms with Gasteiger partial charge in [-0.2, -0.15) is 0 Å². The fraction of sp³-hybridized carbons (Fsp3) is 0.143. The van der Waals surface area contributed by atoms with Gasteiger partial charge in [-0.3, -0.25) is 0 Å². The Labute approximate surface area is 107 Å². The molecule has 1 N–H and O–H groups in total. The highest BCUT2D eigenvalue weighted by Crippen LogP contribution is 2.26. The van der Waals surface area contributed by atoms with E-state index in [9.17, 15) is 17.6 Å². The second-order valence-corrected chi connectivity index (χ2v) is 4.13. The third-order valence-corrected chi connectivity index (χ3v) is 2.74. The molecule has 5 heteroatoms. The van der Waals surface area contributed by atoms with Crippen LogP contribution < -0.4 is 5.32 Å². The second-order valence-electron chi connectivity index (χ2n) is 4.13. The molecule has 19 heavy (non-hydrogen) atoms. The van der Waals surface area contributed by atoms with Gasteiger partial charge in [-0.15, -0.1) is 0 Å². The fourth-order valence-corrected chi connectivity index (χ4v) is 1.80. The highest BCUT2D eigenvalue weighted by Gasteiger charge is 2.16. The van der Waals surface area contributed by atoms with Crippen molar-refractivity contribution in [3.8, 4) is 0 Å². The third-order valence-electron chi connectivity index (χ3n) is 2.74. The Bertz CT molecular complexity index is 575. The molecule has 0 aliphatic rings. The molecule has 0 radical (unpaired) electrons. The summed E-state index contributed by atoms with van der Waals surface area (Å²) in [6.45, 7) is 1.56. The van der Waals surface area contributed by atoms with Gasteiger partial charge >= 0.3 is 0 Å². The molecule has 1 nitrogen and oxygen atoms in total. The molecule has 0 heterocycles. The quantitative estimate of drug-likeness (QED) is 0.813. The summed E-state index contributed by atoms with van der Waals surface area (Å²) in [7, 11) is 0. The van der Waals surface area contributed by atoms with Gasteiger partial charge in [0.1, 0.15) is 17.3 Å². The Hall–Kier alpha value is -2.04. The summed E-state index contributed by atoms with van der Waals surface area (Å²) in [6, 6.07) is 6.38. The van der Waals surface area contributed by atoms with E-state index >= 15 is 0 Å². The minimum Gasteiger partial charge on any atom is -0.374 e. The van der Waals surface area contributed by atoms with Crippen LogP contribution in [0.1, 0.15) is 18.5 Å². The molecule has 0 aliphatic heterocycles. The van der Waals surface area contributed by atoms with Crippen molar-refractivity contribution in [3.05, 3.63) is 65.2 Å². The van der Waals surface area contributed by atoms with Crippen LogP contribution in [0.2, 0.25) is 0 Å². The molecule has 0 saturated carbocycles. The first-order valence-corrected chi connectivity index (χ1v) is 5.64. The highest BCUT2D eigenvalue weighted by atomic mass is 19.1. The largest absolute Gasteiger partial charge is 0.374 e. The molecule has 100 valence electrons. The summed E-state index contributed by atoms with van der Waals surface area (Å²) < 4.78 is 53.2. The van der Waals surface area contributed by atoms with Crippen molar-refractivity contribution in [1.29, 1.82) is 0 Å². The van der Waals surface area contributed by atoms with Crippen LogP contribution in [-0.2, 0) is 0 Å². The minimum atomic E-state index is -1.05. The van der Waals surface area contributed by atoms with Gasteiger partial charge in [0, 0.05) is 17.7 Å². The average Bonchev–Trinajstić information content (AvgIpc) is 2.34. The molecule has 2 rings (SSSR count). The van der Waals surface area contributed by atoms with Crippen LogP contribution >= 0.6 is 0 Å². The minimum absolute atomic E-state index is 0.269. The first-order chi connectivity index (χ1) is 8.99. The lowest BCUT2D eigenvalue weighted by Gasteiger charge is -2.17. The highest BCUT2D eigenvalue weighted by molar-refractivity contribution is 5.48. The Morgan fingerprint density at radius 1 is 0.895 bits per heavy atom. The molecular formula is C14H11F4N. The lowest BCUT2D eigenvalue weighted by Crippen LogP contribution is -2.11. The van der Waals surface area contributed by atoms with Crippen LogP contribution in [0.25, 0.3) is 0 Å². The first kappa shape index (κ1) is 13.4. The molecule has 0 bridgehead atoms. The maximum absolute atomic E-state index is 13.5. The van der Waals surface area contributed by atoms with Crippen molar-refractivity contribution in [2.75, 3.05) is 5.32 Å². The number of nitrogens with one attached hydrogen (secondary N) is 1. The lowest BCUT2D eigenvalue weighted by molar-refractivity contribution is 0.543. The zero-order valence-corrected chi connectivity index (χ0v) is 10.1. The zero-order valence-electron chi connectivity index (χ0n) is 10.1. The lowest BCUT2D eigenvalue weighted by atomic mass is 10.1. The second kappa shape index (κ2) is 5.30. The molecule has 0 spiro atoms. The van der Waals surface area contributed by atoms with Gasteiger partial charge in [-0.25, -0.2) is 17.6 Å². The van der Waals surface area contributed by atoms with Gasteiger partial charge in [0.2, 0.25) is 0 Å². The predicted octanol–water partition coefficient (Wildman–Crippen LogP) is 4.42. The van der Waals surface area contributed by atoms with Crippen molar-refractivity contribution < 1.29 is 17.6 Å². The Morgan fingerprint density at radius 2 is 1.47 bits per heavy atom. The summed E-state index contributed by atoms with van der Waals surface area (Å²) in [5, 5.41) is 2.51. The molecule has 0 saturated heterocycles. The molecule has 1 unspecified atom stereocenters. The van der Waals surface area contributed by atoms with E-state index in [0.29, 0.717) is 12.1 Å². The van der Waals surface area contributed by atoms with E-state index in [1.54, 1.807) is 13.0 Å². The average molecular weight is 269 g/mol. The van der Waals surface area contributed by atoms with E-state index in [-0.39, 0.29) is 5.56 Å². The number of halogens is 4. The molecule has 0 fully saturated rings. The maximum Gasteiger partial charge on any atom is 0.152 e. The van der Waals surface area contributed by atoms with E-state index < -0.39 is 35.0 Å². The molecule has 0 amide bonds. The topological polar surface area (TPSA) is 12.0 Å². The molecule has 0 aliphatic carbocycles. The SMILES string of the molecule is CC(Nc1c(F)cc(F)cc1F)c1ccccc1F. The molecule has 2 aromatic rings. The zero-order chi connectivity index (χ0) is 14.0. The summed E-state index contributed by atoms with van der Waals surface area (Å²) in [5.41, 5.74) is -0.206. The van der Waals surface area contributed by atoms with Crippen molar-refractivity contribution in [1.82, 2.24) is 0 Å². The van der Waals surface area contributed by atoms with E-state index in [0.717, 1.165) is 0 Å². The Morgan fingerprint density at radius 3 is 2.05 bits per heavy atom. The van der Waals surface area contributed by atoms with Gasteiger partial charge < -0.3 is 5.32 Å².